The number of aromatic nitrogens is 2. The van der Waals surface area contributed by atoms with E-state index in [4.69, 9.17) is 0 Å². The maximum absolute atomic E-state index is 13.3. The Morgan fingerprint density at radius 3 is 2.52 bits per heavy atom. The van der Waals surface area contributed by atoms with Crippen LogP contribution in [0.25, 0.3) is 11.3 Å². The van der Waals surface area contributed by atoms with E-state index >= 15 is 0 Å². The zero-order valence-corrected chi connectivity index (χ0v) is 15.7. The lowest BCUT2D eigenvalue weighted by Crippen LogP contribution is -2.40. The number of carbonyl (C=O) groups is 1. The lowest BCUT2D eigenvalue weighted by molar-refractivity contribution is 0.0674. The summed E-state index contributed by atoms with van der Waals surface area (Å²) in [7, 11) is 1.90. The molecule has 1 amide bonds. The van der Waals surface area contributed by atoms with Crippen LogP contribution >= 0.6 is 0 Å². The Bertz CT molecular complexity index is 902. The SMILES string of the molecule is Cn1ncc(C(=O)N2CCCC(Cc3ccccc3)C2)c1-c1ccccc1. The van der Waals surface area contributed by atoms with Crippen LogP contribution in [-0.4, -0.2) is 33.7 Å². The van der Waals surface area contributed by atoms with Crippen LogP contribution in [0.5, 0.6) is 0 Å². The molecule has 2 heterocycles. The fourth-order valence-corrected chi connectivity index (χ4v) is 4.07. The minimum Gasteiger partial charge on any atom is -0.338 e. The zero-order valence-electron chi connectivity index (χ0n) is 15.7. The zero-order chi connectivity index (χ0) is 18.6. The predicted octanol–water partition coefficient (Wildman–Crippen LogP) is 4.18. The van der Waals surface area contributed by atoms with Gasteiger partial charge >= 0.3 is 0 Å². The summed E-state index contributed by atoms with van der Waals surface area (Å²) in [5, 5.41) is 4.36. The number of aryl methyl sites for hydroxylation is 1. The van der Waals surface area contributed by atoms with E-state index in [2.05, 4.69) is 29.4 Å². The number of amides is 1. The van der Waals surface area contributed by atoms with Gasteiger partial charge in [-0.25, -0.2) is 0 Å². The van der Waals surface area contributed by atoms with Crippen LogP contribution < -0.4 is 0 Å². The van der Waals surface area contributed by atoms with Gasteiger partial charge in [0.15, 0.2) is 0 Å². The highest BCUT2D eigenvalue weighted by molar-refractivity contribution is 6.00. The first-order chi connectivity index (χ1) is 13.2. The molecule has 4 rings (SSSR count). The van der Waals surface area contributed by atoms with Crippen LogP contribution in [0.3, 0.4) is 0 Å². The van der Waals surface area contributed by atoms with Crippen molar-refractivity contribution in [2.45, 2.75) is 19.3 Å². The standard InChI is InChI=1S/C23H25N3O/c1-25-22(20-12-6-3-7-13-20)21(16-24-25)23(27)26-14-8-11-19(17-26)15-18-9-4-2-5-10-18/h2-7,9-10,12-13,16,19H,8,11,14-15,17H2,1H3. The predicted molar refractivity (Wildman–Crippen MR) is 107 cm³/mol. The van der Waals surface area contributed by atoms with Gasteiger partial charge < -0.3 is 4.90 Å². The third-order valence-electron chi connectivity index (χ3n) is 5.39. The molecule has 27 heavy (non-hydrogen) atoms. The molecule has 3 aromatic rings. The van der Waals surface area contributed by atoms with Gasteiger partial charge in [0.1, 0.15) is 0 Å². The van der Waals surface area contributed by atoms with E-state index in [1.165, 1.54) is 12.0 Å². The van der Waals surface area contributed by atoms with Crippen molar-refractivity contribution in [2.75, 3.05) is 13.1 Å². The van der Waals surface area contributed by atoms with Crippen molar-refractivity contribution in [3.63, 3.8) is 0 Å². The van der Waals surface area contributed by atoms with Gasteiger partial charge in [-0.15, -0.1) is 0 Å². The first kappa shape index (κ1) is 17.5. The van der Waals surface area contributed by atoms with E-state index in [9.17, 15) is 4.79 Å². The number of likely N-dealkylation sites (tertiary alicyclic amines) is 1. The van der Waals surface area contributed by atoms with Crippen LogP contribution in [0.2, 0.25) is 0 Å². The van der Waals surface area contributed by atoms with Crippen molar-refractivity contribution in [1.29, 1.82) is 0 Å². The normalized spacial score (nSPS) is 17.1. The van der Waals surface area contributed by atoms with Gasteiger partial charge in [0, 0.05) is 25.7 Å². The largest absolute Gasteiger partial charge is 0.338 e. The van der Waals surface area contributed by atoms with E-state index in [1.54, 1.807) is 10.9 Å². The highest BCUT2D eigenvalue weighted by atomic mass is 16.2. The Labute approximate surface area is 160 Å². The Hall–Kier alpha value is -2.88. The van der Waals surface area contributed by atoms with E-state index in [1.807, 2.05) is 48.3 Å². The maximum Gasteiger partial charge on any atom is 0.257 e. The highest BCUT2D eigenvalue weighted by Crippen LogP contribution is 2.27. The van der Waals surface area contributed by atoms with Gasteiger partial charge in [0.05, 0.1) is 17.5 Å². The molecule has 0 bridgehead atoms. The monoisotopic (exact) mass is 359 g/mol. The van der Waals surface area contributed by atoms with Gasteiger partial charge in [0.25, 0.3) is 5.91 Å². The van der Waals surface area contributed by atoms with E-state index in [0.717, 1.165) is 37.2 Å². The Morgan fingerprint density at radius 2 is 1.78 bits per heavy atom. The Balaban J connectivity index is 1.53. The average Bonchev–Trinajstić information content (AvgIpc) is 3.10. The third-order valence-corrected chi connectivity index (χ3v) is 5.39. The molecule has 0 aliphatic carbocycles. The van der Waals surface area contributed by atoms with Gasteiger partial charge in [-0.2, -0.15) is 5.10 Å². The number of rotatable bonds is 4. The second-order valence-corrected chi connectivity index (χ2v) is 7.35. The number of benzene rings is 2. The molecule has 0 saturated carbocycles. The summed E-state index contributed by atoms with van der Waals surface area (Å²) in [6.07, 6.45) is 4.98. The summed E-state index contributed by atoms with van der Waals surface area (Å²) in [5.74, 6) is 0.613. The fraction of sp³-hybridized carbons (Fsp3) is 0.304. The lowest BCUT2D eigenvalue weighted by Gasteiger charge is -2.33. The summed E-state index contributed by atoms with van der Waals surface area (Å²) in [6, 6.07) is 20.6. The second-order valence-electron chi connectivity index (χ2n) is 7.35. The molecule has 1 saturated heterocycles. The first-order valence-corrected chi connectivity index (χ1v) is 9.63. The quantitative estimate of drug-likeness (QED) is 0.701. The van der Waals surface area contributed by atoms with Crippen LogP contribution in [0.4, 0.5) is 0 Å². The van der Waals surface area contributed by atoms with Crippen LogP contribution in [-0.2, 0) is 13.5 Å². The molecule has 0 spiro atoms. The summed E-state index contributed by atoms with van der Waals surface area (Å²) in [4.78, 5) is 15.3. The van der Waals surface area contributed by atoms with E-state index in [0.29, 0.717) is 11.5 Å². The molecule has 0 radical (unpaired) electrons. The van der Waals surface area contributed by atoms with Gasteiger partial charge in [-0.05, 0) is 30.7 Å². The average molecular weight is 359 g/mol. The molecule has 4 heteroatoms. The lowest BCUT2D eigenvalue weighted by atomic mass is 9.91. The van der Waals surface area contributed by atoms with E-state index in [-0.39, 0.29) is 5.91 Å². The fourth-order valence-electron chi connectivity index (χ4n) is 4.07. The molecule has 1 atom stereocenters. The molecule has 1 unspecified atom stereocenters. The molecule has 1 fully saturated rings. The summed E-state index contributed by atoms with van der Waals surface area (Å²) >= 11 is 0. The van der Waals surface area contributed by atoms with Crippen molar-refractivity contribution >= 4 is 5.91 Å². The van der Waals surface area contributed by atoms with Crippen molar-refractivity contribution in [2.24, 2.45) is 13.0 Å². The van der Waals surface area contributed by atoms with Gasteiger partial charge in [-0.1, -0.05) is 60.7 Å². The van der Waals surface area contributed by atoms with Crippen LogP contribution in [0.1, 0.15) is 28.8 Å². The maximum atomic E-state index is 13.3. The van der Waals surface area contributed by atoms with Crippen molar-refractivity contribution in [3.8, 4) is 11.3 Å². The van der Waals surface area contributed by atoms with Gasteiger partial charge in [-0.3, -0.25) is 9.48 Å². The molecule has 1 aliphatic heterocycles. The van der Waals surface area contributed by atoms with Crippen molar-refractivity contribution in [1.82, 2.24) is 14.7 Å². The topological polar surface area (TPSA) is 38.1 Å². The first-order valence-electron chi connectivity index (χ1n) is 9.63. The molecular weight excluding hydrogens is 334 g/mol. The third kappa shape index (κ3) is 3.80. The minimum atomic E-state index is 0.0970. The number of nitrogens with zero attached hydrogens (tertiary/aromatic N) is 3. The number of hydrogen-bond acceptors (Lipinski definition) is 2. The molecule has 1 aliphatic rings. The molecular formula is C23H25N3O. The highest BCUT2D eigenvalue weighted by Gasteiger charge is 2.27. The van der Waals surface area contributed by atoms with Crippen LogP contribution in [0, 0.1) is 5.92 Å². The van der Waals surface area contributed by atoms with Crippen LogP contribution in [0.15, 0.2) is 66.9 Å². The van der Waals surface area contributed by atoms with Crippen molar-refractivity contribution in [3.05, 3.63) is 78.0 Å². The smallest absolute Gasteiger partial charge is 0.257 e. The minimum absolute atomic E-state index is 0.0970. The summed E-state index contributed by atoms with van der Waals surface area (Å²) in [6.45, 7) is 1.64. The molecule has 138 valence electrons. The second kappa shape index (κ2) is 7.78. The Morgan fingerprint density at radius 1 is 1.07 bits per heavy atom. The summed E-state index contributed by atoms with van der Waals surface area (Å²) in [5.41, 5.74) is 3.97. The Kier molecular flexibility index (Phi) is 5.05. The molecule has 0 N–H and O–H groups in total. The molecule has 4 nitrogen and oxygen atoms in total. The number of carbonyl (C=O) groups excluding carboxylic acids is 1. The molecule has 2 aromatic carbocycles. The number of piperidine rings is 1. The van der Waals surface area contributed by atoms with Crippen molar-refractivity contribution < 1.29 is 4.79 Å². The van der Waals surface area contributed by atoms with E-state index < -0.39 is 0 Å². The number of hydrogen-bond donors (Lipinski definition) is 0. The summed E-state index contributed by atoms with van der Waals surface area (Å²) < 4.78 is 1.80. The molecule has 1 aromatic heterocycles. The van der Waals surface area contributed by atoms with Gasteiger partial charge in [0.2, 0.25) is 0 Å².